The van der Waals surface area contributed by atoms with Gasteiger partial charge in [0.05, 0.1) is 5.54 Å². The van der Waals surface area contributed by atoms with Crippen LogP contribution in [0.5, 0.6) is 0 Å². The molecule has 3 nitrogen and oxygen atoms in total. The number of carbonyl (C=O) groups excluding carboxylic acids is 1. The Labute approximate surface area is 143 Å². The molecule has 0 aliphatic heterocycles. The van der Waals surface area contributed by atoms with Crippen LogP contribution in [0.15, 0.2) is 18.2 Å². The highest BCUT2D eigenvalue weighted by molar-refractivity contribution is 6.35. The molecule has 0 aromatic heterocycles. The maximum Gasteiger partial charge on any atom is 0.220 e. The zero-order valence-electron chi connectivity index (χ0n) is 12.6. The molecule has 6 heteroatoms. The lowest BCUT2D eigenvalue weighted by Crippen LogP contribution is -2.55. The van der Waals surface area contributed by atoms with Crippen molar-refractivity contribution >= 4 is 41.5 Å². The van der Waals surface area contributed by atoms with Crippen molar-refractivity contribution in [3.63, 3.8) is 0 Å². The van der Waals surface area contributed by atoms with Gasteiger partial charge in [0.2, 0.25) is 5.91 Å². The molecule has 0 spiro atoms. The quantitative estimate of drug-likeness (QED) is 0.816. The van der Waals surface area contributed by atoms with Crippen molar-refractivity contribution in [2.75, 3.05) is 6.54 Å². The summed E-state index contributed by atoms with van der Waals surface area (Å²) in [6.07, 6.45) is 0.963. The molecule has 3 N–H and O–H groups in total. The van der Waals surface area contributed by atoms with E-state index in [-0.39, 0.29) is 29.8 Å². The second-order valence-electron chi connectivity index (χ2n) is 5.56. The van der Waals surface area contributed by atoms with Crippen LogP contribution in [-0.2, 0) is 11.2 Å². The van der Waals surface area contributed by atoms with E-state index in [1.807, 2.05) is 26.8 Å². The van der Waals surface area contributed by atoms with Crippen LogP contribution in [0, 0.1) is 5.92 Å². The van der Waals surface area contributed by atoms with Crippen molar-refractivity contribution in [1.29, 1.82) is 0 Å². The summed E-state index contributed by atoms with van der Waals surface area (Å²) in [6.45, 7) is 6.47. The van der Waals surface area contributed by atoms with Crippen LogP contribution in [0.25, 0.3) is 0 Å². The Bertz CT molecular complexity index is 480. The molecule has 0 fully saturated rings. The van der Waals surface area contributed by atoms with E-state index in [2.05, 4.69) is 5.32 Å². The highest BCUT2D eigenvalue weighted by Crippen LogP contribution is 2.22. The number of halogens is 3. The molecule has 1 unspecified atom stereocenters. The van der Waals surface area contributed by atoms with Gasteiger partial charge in [-0.3, -0.25) is 4.79 Å². The molecule has 0 radical (unpaired) electrons. The van der Waals surface area contributed by atoms with Crippen molar-refractivity contribution in [1.82, 2.24) is 5.32 Å². The third kappa shape index (κ3) is 6.03. The number of hydrogen-bond acceptors (Lipinski definition) is 2. The van der Waals surface area contributed by atoms with E-state index in [0.717, 1.165) is 5.56 Å². The number of rotatable bonds is 6. The minimum absolute atomic E-state index is 0. The molecule has 1 atom stereocenters. The standard InChI is InChI=1S/C15H22Cl2N2O.ClH/c1-10(2)15(3,9-18)19-14(20)7-5-11-4-6-12(16)8-13(11)17;/h4,6,8,10H,5,7,9,18H2,1-3H3,(H,19,20);1H. The Hall–Kier alpha value is -0.480. The van der Waals surface area contributed by atoms with Crippen LogP contribution >= 0.6 is 35.6 Å². The van der Waals surface area contributed by atoms with Gasteiger partial charge in [-0.05, 0) is 37.0 Å². The Kier molecular flexibility index (Phi) is 8.64. The van der Waals surface area contributed by atoms with E-state index in [4.69, 9.17) is 28.9 Å². The number of amides is 1. The largest absolute Gasteiger partial charge is 0.349 e. The van der Waals surface area contributed by atoms with Gasteiger partial charge < -0.3 is 11.1 Å². The lowest BCUT2D eigenvalue weighted by atomic mass is 9.88. The normalized spacial score (nSPS) is 13.5. The molecule has 0 bridgehead atoms. The third-order valence-electron chi connectivity index (χ3n) is 3.76. The first-order valence-corrected chi connectivity index (χ1v) is 7.49. The average molecular weight is 354 g/mol. The summed E-state index contributed by atoms with van der Waals surface area (Å²) in [7, 11) is 0. The van der Waals surface area contributed by atoms with Crippen LogP contribution in [0.2, 0.25) is 10.0 Å². The predicted octanol–water partition coefficient (Wildman–Crippen LogP) is 3.84. The Morgan fingerprint density at radius 3 is 2.48 bits per heavy atom. The van der Waals surface area contributed by atoms with Gasteiger partial charge in [-0.15, -0.1) is 12.4 Å². The lowest BCUT2D eigenvalue weighted by molar-refractivity contribution is -0.123. The molecule has 1 aromatic carbocycles. The van der Waals surface area contributed by atoms with Crippen LogP contribution < -0.4 is 11.1 Å². The van der Waals surface area contributed by atoms with E-state index in [1.165, 1.54) is 0 Å². The van der Waals surface area contributed by atoms with Gasteiger partial charge in [0, 0.05) is 23.0 Å². The third-order valence-corrected chi connectivity index (χ3v) is 4.35. The molecular weight excluding hydrogens is 331 g/mol. The minimum atomic E-state index is -0.374. The molecule has 0 saturated carbocycles. The van der Waals surface area contributed by atoms with Crippen LogP contribution in [0.1, 0.15) is 32.8 Å². The molecule has 0 aliphatic carbocycles. The number of benzene rings is 1. The number of carbonyl (C=O) groups is 1. The fraction of sp³-hybridized carbons (Fsp3) is 0.533. The zero-order valence-corrected chi connectivity index (χ0v) is 14.9. The van der Waals surface area contributed by atoms with Crippen LogP contribution in [-0.4, -0.2) is 18.0 Å². The van der Waals surface area contributed by atoms with Crippen molar-refractivity contribution in [3.8, 4) is 0 Å². The summed E-state index contributed by atoms with van der Waals surface area (Å²) in [4.78, 5) is 12.0. The first-order chi connectivity index (χ1) is 9.28. The molecular formula is C15H23Cl3N2O. The van der Waals surface area contributed by atoms with Crippen molar-refractivity contribution < 1.29 is 4.79 Å². The van der Waals surface area contributed by atoms with Gasteiger partial charge in [-0.1, -0.05) is 43.1 Å². The van der Waals surface area contributed by atoms with Crippen LogP contribution in [0.3, 0.4) is 0 Å². The van der Waals surface area contributed by atoms with Gasteiger partial charge >= 0.3 is 0 Å². The number of aryl methyl sites for hydroxylation is 1. The minimum Gasteiger partial charge on any atom is -0.349 e. The number of nitrogens with one attached hydrogen (secondary N) is 1. The molecule has 0 saturated heterocycles. The summed E-state index contributed by atoms with van der Waals surface area (Å²) < 4.78 is 0. The van der Waals surface area contributed by atoms with Gasteiger partial charge in [0.1, 0.15) is 0 Å². The van der Waals surface area contributed by atoms with Gasteiger partial charge in [0.25, 0.3) is 0 Å². The summed E-state index contributed by atoms with van der Waals surface area (Å²) in [5.74, 6) is 0.258. The van der Waals surface area contributed by atoms with Crippen molar-refractivity contribution in [3.05, 3.63) is 33.8 Å². The molecule has 1 amide bonds. The summed E-state index contributed by atoms with van der Waals surface area (Å²) in [5, 5.41) is 4.20. The Balaban J connectivity index is 0.00000400. The summed E-state index contributed by atoms with van der Waals surface area (Å²) >= 11 is 11.9. The zero-order chi connectivity index (χ0) is 15.3. The smallest absolute Gasteiger partial charge is 0.220 e. The van der Waals surface area contributed by atoms with Crippen molar-refractivity contribution in [2.24, 2.45) is 11.7 Å². The van der Waals surface area contributed by atoms with Gasteiger partial charge in [-0.2, -0.15) is 0 Å². The van der Waals surface area contributed by atoms with E-state index in [0.29, 0.717) is 29.4 Å². The van der Waals surface area contributed by atoms with E-state index in [1.54, 1.807) is 12.1 Å². The molecule has 0 heterocycles. The van der Waals surface area contributed by atoms with Gasteiger partial charge in [0.15, 0.2) is 0 Å². The maximum atomic E-state index is 12.0. The maximum absolute atomic E-state index is 12.0. The Morgan fingerprint density at radius 2 is 2.00 bits per heavy atom. The predicted molar refractivity (Wildman–Crippen MR) is 92.5 cm³/mol. The number of nitrogens with two attached hydrogens (primary N) is 1. The monoisotopic (exact) mass is 352 g/mol. The average Bonchev–Trinajstić information content (AvgIpc) is 2.37. The molecule has 21 heavy (non-hydrogen) atoms. The first-order valence-electron chi connectivity index (χ1n) is 6.73. The SMILES string of the molecule is CC(C)C(C)(CN)NC(=O)CCc1ccc(Cl)cc1Cl.Cl. The fourth-order valence-corrected chi connectivity index (χ4v) is 2.29. The highest BCUT2D eigenvalue weighted by Gasteiger charge is 2.28. The first kappa shape index (κ1) is 20.5. The summed E-state index contributed by atoms with van der Waals surface area (Å²) in [5.41, 5.74) is 6.30. The Morgan fingerprint density at radius 1 is 1.38 bits per heavy atom. The van der Waals surface area contributed by atoms with Gasteiger partial charge in [-0.25, -0.2) is 0 Å². The van der Waals surface area contributed by atoms with E-state index < -0.39 is 0 Å². The van der Waals surface area contributed by atoms with E-state index in [9.17, 15) is 4.79 Å². The van der Waals surface area contributed by atoms with E-state index >= 15 is 0 Å². The molecule has 1 aromatic rings. The topological polar surface area (TPSA) is 55.1 Å². The number of hydrogen-bond donors (Lipinski definition) is 2. The molecule has 1 rings (SSSR count). The highest BCUT2D eigenvalue weighted by atomic mass is 35.5. The fourth-order valence-electron chi connectivity index (χ4n) is 1.78. The second kappa shape index (κ2) is 8.84. The second-order valence-corrected chi connectivity index (χ2v) is 6.40. The van der Waals surface area contributed by atoms with Crippen LogP contribution in [0.4, 0.5) is 0 Å². The molecule has 0 aliphatic rings. The van der Waals surface area contributed by atoms with Crippen molar-refractivity contribution in [2.45, 2.75) is 39.2 Å². The summed E-state index contributed by atoms with van der Waals surface area (Å²) in [6, 6.07) is 5.32. The lowest BCUT2D eigenvalue weighted by Gasteiger charge is -2.33. The molecule has 120 valence electrons.